The second kappa shape index (κ2) is 53.0. The molecular formula is C36H76I4N4O8. The zero-order valence-electron chi connectivity index (χ0n) is 34.2. The molecule has 52 heavy (non-hydrogen) atoms. The van der Waals surface area contributed by atoms with E-state index in [1.165, 1.54) is 0 Å². The van der Waals surface area contributed by atoms with E-state index in [1.54, 1.807) is 13.8 Å². The van der Waals surface area contributed by atoms with E-state index in [0.717, 1.165) is 77.0 Å². The van der Waals surface area contributed by atoms with Crippen LogP contribution in [-0.4, -0.2) is 45.8 Å². The van der Waals surface area contributed by atoms with E-state index in [4.69, 9.17) is 21.7 Å². The summed E-state index contributed by atoms with van der Waals surface area (Å²) in [5, 5.41) is 19.1. The molecule has 0 saturated carbocycles. The molecule has 0 aromatic carbocycles. The van der Waals surface area contributed by atoms with Gasteiger partial charge < -0.3 is 27.8 Å². The average Bonchev–Trinajstić information content (AvgIpc) is 3.08. The number of halogens is 4. The maximum absolute atomic E-state index is 11.5. The summed E-state index contributed by atoms with van der Waals surface area (Å²) < 4.78 is 0. The van der Waals surface area contributed by atoms with Gasteiger partial charge in [-0.15, -0.1) is 0 Å². The summed E-state index contributed by atoms with van der Waals surface area (Å²) in [4.78, 5) is 63.8. The van der Waals surface area contributed by atoms with Crippen molar-refractivity contribution in [2.75, 3.05) is 0 Å². The minimum atomic E-state index is -0.688. The maximum Gasteiger partial charge on any atom is 0.306 e. The van der Waals surface area contributed by atoms with E-state index in [2.05, 4.69) is 79.8 Å². The second-order valence-corrected chi connectivity index (χ2v) is 12.5. The fourth-order valence-corrected chi connectivity index (χ4v) is 3.76. The number of rotatable bonds is 18. The number of amides is 4. The highest BCUT2D eigenvalue weighted by molar-refractivity contribution is 15.0. The number of nitrogens with two attached hydrogens (primary N) is 2. The van der Waals surface area contributed by atoms with Gasteiger partial charge in [0.1, 0.15) is 0 Å². The topological polar surface area (TPSA) is 242 Å². The normalized spacial score (nSPS) is 12.5. The van der Waals surface area contributed by atoms with Crippen molar-refractivity contribution < 1.29 is 39.0 Å². The van der Waals surface area contributed by atoms with Crippen LogP contribution in [-0.2, 0) is 28.8 Å². The molecule has 0 aliphatic carbocycles. The first-order chi connectivity index (χ1) is 23.7. The summed E-state index contributed by atoms with van der Waals surface area (Å²) >= 11 is 8.48. The largest absolute Gasteiger partial charge is 0.481 e. The smallest absolute Gasteiger partial charge is 0.306 e. The Hall–Kier alpha value is -0.100. The zero-order chi connectivity index (χ0) is 42.1. The number of carboxylic acid groups (broad SMARTS) is 2. The predicted octanol–water partition coefficient (Wildman–Crippen LogP) is 11.0. The van der Waals surface area contributed by atoms with Crippen molar-refractivity contribution >= 4 is 110 Å². The van der Waals surface area contributed by atoms with E-state index < -0.39 is 11.9 Å². The van der Waals surface area contributed by atoms with Gasteiger partial charge in [-0.25, -0.2) is 0 Å². The van der Waals surface area contributed by atoms with Crippen LogP contribution in [0, 0.1) is 35.5 Å². The van der Waals surface area contributed by atoms with E-state index in [-0.39, 0.29) is 65.3 Å². The first-order valence-electron chi connectivity index (χ1n) is 17.9. The Balaban J connectivity index is -0.0000000773. The van der Waals surface area contributed by atoms with Crippen molar-refractivity contribution in [3.63, 3.8) is 0 Å². The summed E-state index contributed by atoms with van der Waals surface area (Å²) in [7, 11) is 0. The van der Waals surface area contributed by atoms with Gasteiger partial charge in [-0.1, -0.05) is 122 Å². The quantitative estimate of drug-likeness (QED) is 0.0714. The predicted molar refractivity (Wildman–Crippen MR) is 252 cm³/mol. The molecule has 316 valence electrons. The Kier molecular flexibility index (Phi) is 71.1. The molecule has 0 heterocycles. The fourth-order valence-electron chi connectivity index (χ4n) is 3.76. The Labute approximate surface area is 364 Å². The van der Waals surface area contributed by atoms with Gasteiger partial charge in [0.2, 0.25) is 23.6 Å². The van der Waals surface area contributed by atoms with Crippen molar-refractivity contribution in [1.82, 2.24) is 11.5 Å². The SMILES string of the molecule is CCCC(C)C(=O)NC(=O)C(C)CCC.CCCC(C)C(=O)O.CCCC(C)C(=O)O.CCCC(C)C(N)=O.CCCC(C)C(N)=O.II.II.N. The molecule has 10 N–H and O–H groups in total. The first kappa shape index (κ1) is 69.8. The lowest BCUT2D eigenvalue weighted by atomic mass is 10.0. The second-order valence-electron chi connectivity index (χ2n) is 12.5. The summed E-state index contributed by atoms with van der Waals surface area (Å²) in [6.45, 7) is 23.0. The van der Waals surface area contributed by atoms with Gasteiger partial charge in [0.15, 0.2) is 0 Å². The Morgan fingerprint density at radius 1 is 0.442 bits per heavy atom. The van der Waals surface area contributed by atoms with E-state index in [0.29, 0.717) is 0 Å². The van der Waals surface area contributed by atoms with Crippen molar-refractivity contribution in [3.05, 3.63) is 0 Å². The van der Waals surface area contributed by atoms with Crippen LogP contribution in [0.3, 0.4) is 0 Å². The number of aliphatic carboxylic acids is 2. The minimum Gasteiger partial charge on any atom is -0.481 e. The minimum absolute atomic E-state index is 0. The van der Waals surface area contributed by atoms with Crippen LogP contribution >= 0.6 is 74.5 Å². The molecule has 16 heteroatoms. The van der Waals surface area contributed by atoms with Crippen molar-refractivity contribution in [3.8, 4) is 0 Å². The number of imide groups is 1. The fraction of sp³-hybridized carbons (Fsp3) is 0.833. The third-order valence-electron chi connectivity index (χ3n) is 7.29. The van der Waals surface area contributed by atoms with Gasteiger partial charge in [0.05, 0.1) is 11.8 Å². The molecule has 0 aliphatic heterocycles. The van der Waals surface area contributed by atoms with Gasteiger partial charge in [-0.05, 0) is 38.5 Å². The molecule has 6 unspecified atom stereocenters. The Morgan fingerprint density at radius 3 is 0.731 bits per heavy atom. The number of carboxylic acids is 2. The molecule has 0 radical (unpaired) electrons. The molecule has 0 aromatic heterocycles. The van der Waals surface area contributed by atoms with Crippen molar-refractivity contribution in [1.29, 1.82) is 0 Å². The molecule has 6 atom stereocenters. The van der Waals surface area contributed by atoms with Gasteiger partial charge in [-0.3, -0.25) is 34.1 Å². The standard InChI is InChI=1S/C12H23NO2.2C6H13NO.2C6H12O2.2I2.H3N/c1-5-7-9(3)11(14)13-12(15)10(4)8-6-2;4*1-3-4-5(2)6(7)8;2*1-2;/h9-10H,5-8H2,1-4H3,(H,13,14,15);2*5H,3-4H2,1-2H3,(H2,7,8);2*5H,3-4H2,1-2H3,(H,7,8);;;1H3. The van der Waals surface area contributed by atoms with Crippen LogP contribution in [0.1, 0.15) is 160 Å². The number of hydrogen-bond acceptors (Lipinski definition) is 7. The van der Waals surface area contributed by atoms with Gasteiger partial charge in [0.25, 0.3) is 0 Å². The van der Waals surface area contributed by atoms with Crippen LogP contribution in [0.2, 0.25) is 0 Å². The number of carbonyl (C=O) groups is 6. The van der Waals surface area contributed by atoms with E-state index in [9.17, 15) is 28.8 Å². The number of hydrogen-bond donors (Lipinski definition) is 6. The van der Waals surface area contributed by atoms with E-state index in [1.807, 2.05) is 69.2 Å². The maximum atomic E-state index is 11.5. The summed E-state index contributed by atoms with van der Waals surface area (Å²) in [5.41, 5.74) is 9.97. The molecule has 0 saturated heterocycles. The van der Waals surface area contributed by atoms with Crippen LogP contribution in [0.25, 0.3) is 0 Å². The monoisotopic (exact) mass is 1200 g/mol. The lowest BCUT2D eigenvalue weighted by molar-refractivity contribution is -0.142. The lowest BCUT2D eigenvalue weighted by Crippen LogP contribution is -2.37. The average molecular weight is 1200 g/mol. The summed E-state index contributed by atoms with van der Waals surface area (Å²) in [6, 6.07) is 0. The van der Waals surface area contributed by atoms with E-state index >= 15 is 0 Å². The third kappa shape index (κ3) is 56.6. The third-order valence-corrected chi connectivity index (χ3v) is 7.29. The molecule has 0 fully saturated rings. The van der Waals surface area contributed by atoms with Gasteiger partial charge in [-0.2, -0.15) is 0 Å². The van der Waals surface area contributed by atoms with Gasteiger partial charge in [0, 0.05) is 98.1 Å². The molecule has 12 nitrogen and oxygen atoms in total. The van der Waals surface area contributed by atoms with Crippen molar-refractivity contribution in [2.45, 2.75) is 160 Å². The van der Waals surface area contributed by atoms with Crippen LogP contribution in [0.15, 0.2) is 0 Å². The van der Waals surface area contributed by atoms with Crippen molar-refractivity contribution in [2.24, 2.45) is 47.0 Å². The molecule has 0 bridgehead atoms. The molecule has 0 aliphatic rings. The highest BCUT2D eigenvalue weighted by Gasteiger charge is 2.18. The molecule has 0 aromatic rings. The lowest BCUT2D eigenvalue weighted by Gasteiger charge is -2.13. The first-order valence-corrected chi connectivity index (χ1v) is 30.5. The Bertz CT molecular complexity index is 749. The molecule has 4 amide bonds. The molecule has 0 spiro atoms. The Morgan fingerprint density at radius 2 is 0.615 bits per heavy atom. The highest BCUT2D eigenvalue weighted by atomic mass is 128. The highest BCUT2D eigenvalue weighted by Crippen LogP contribution is 2.08. The number of carbonyl (C=O) groups excluding carboxylic acids is 4. The summed E-state index contributed by atoms with van der Waals surface area (Å²) in [5.74, 6) is -2.37. The number of primary amides is 2. The summed E-state index contributed by atoms with van der Waals surface area (Å²) in [6.07, 6.45) is 11.0. The zero-order valence-corrected chi connectivity index (χ0v) is 42.8. The molecular weight excluding hydrogens is 1120 g/mol. The van der Waals surface area contributed by atoms with Crippen LogP contribution < -0.4 is 22.9 Å². The van der Waals surface area contributed by atoms with Crippen LogP contribution in [0.5, 0.6) is 0 Å². The number of nitrogens with one attached hydrogen (secondary N) is 1. The van der Waals surface area contributed by atoms with Gasteiger partial charge >= 0.3 is 11.9 Å². The molecule has 0 rings (SSSR count). The van der Waals surface area contributed by atoms with Crippen LogP contribution in [0.4, 0.5) is 0 Å².